The number of methoxy groups -OCH3 is 1. The van der Waals surface area contributed by atoms with Gasteiger partial charge in [-0.3, -0.25) is 5.43 Å². The van der Waals surface area contributed by atoms with E-state index in [1.807, 2.05) is 37.3 Å². The van der Waals surface area contributed by atoms with Gasteiger partial charge >= 0.3 is 0 Å². The molecule has 4 N–H and O–H groups in total. The molecule has 0 saturated heterocycles. The van der Waals surface area contributed by atoms with E-state index in [2.05, 4.69) is 15.7 Å². The molecule has 0 amide bonds. The van der Waals surface area contributed by atoms with Crippen LogP contribution in [-0.4, -0.2) is 25.7 Å². The SMILES string of the molecule is COCC(C)NC(=NCc1ccccc1)NN. The van der Waals surface area contributed by atoms with Crippen LogP contribution in [0.25, 0.3) is 0 Å². The van der Waals surface area contributed by atoms with E-state index >= 15 is 0 Å². The van der Waals surface area contributed by atoms with Crippen molar-refractivity contribution < 1.29 is 4.74 Å². The van der Waals surface area contributed by atoms with Gasteiger partial charge in [0.25, 0.3) is 0 Å². The summed E-state index contributed by atoms with van der Waals surface area (Å²) in [6.07, 6.45) is 0. The zero-order valence-electron chi connectivity index (χ0n) is 10.3. The average molecular weight is 236 g/mol. The number of hydrogen-bond acceptors (Lipinski definition) is 3. The van der Waals surface area contributed by atoms with Crippen molar-refractivity contribution in [3.8, 4) is 0 Å². The van der Waals surface area contributed by atoms with Crippen molar-refractivity contribution in [2.24, 2.45) is 10.8 Å². The van der Waals surface area contributed by atoms with Crippen LogP contribution in [0.5, 0.6) is 0 Å². The van der Waals surface area contributed by atoms with Gasteiger partial charge in [-0.1, -0.05) is 30.3 Å². The highest BCUT2D eigenvalue weighted by molar-refractivity contribution is 5.79. The molecule has 0 aliphatic rings. The van der Waals surface area contributed by atoms with Crippen LogP contribution in [-0.2, 0) is 11.3 Å². The first-order valence-corrected chi connectivity index (χ1v) is 5.56. The standard InChI is InChI=1S/C12H20N4O/c1-10(9-17-2)15-12(16-13)14-8-11-6-4-3-5-7-11/h3-7,10H,8-9,13H2,1-2H3,(H2,14,15,16). The smallest absolute Gasteiger partial charge is 0.206 e. The average Bonchev–Trinajstić information content (AvgIpc) is 2.36. The molecule has 1 aromatic rings. The molecule has 0 aromatic heterocycles. The van der Waals surface area contributed by atoms with E-state index in [1.165, 1.54) is 0 Å². The molecule has 5 nitrogen and oxygen atoms in total. The molecular formula is C12H20N4O. The number of hydrogen-bond donors (Lipinski definition) is 3. The summed E-state index contributed by atoms with van der Waals surface area (Å²) in [6, 6.07) is 10.2. The van der Waals surface area contributed by atoms with Crippen LogP contribution in [0.1, 0.15) is 12.5 Å². The third-order valence-electron chi connectivity index (χ3n) is 2.20. The molecule has 17 heavy (non-hydrogen) atoms. The van der Waals surface area contributed by atoms with Crippen molar-refractivity contribution in [1.82, 2.24) is 10.7 Å². The molecule has 1 aromatic carbocycles. The molecule has 0 bridgehead atoms. The van der Waals surface area contributed by atoms with Crippen molar-refractivity contribution in [1.29, 1.82) is 0 Å². The molecule has 1 rings (SSSR count). The Morgan fingerprint density at radius 1 is 1.41 bits per heavy atom. The molecule has 1 atom stereocenters. The summed E-state index contributed by atoms with van der Waals surface area (Å²) in [6.45, 7) is 3.19. The lowest BCUT2D eigenvalue weighted by molar-refractivity contribution is 0.179. The lowest BCUT2D eigenvalue weighted by atomic mass is 10.2. The van der Waals surface area contributed by atoms with Gasteiger partial charge in [-0.05, 0) is 12.5 Å². The van der Waals surface area contributed by atoms with Crippen LogP contribution in [0.3, 0.4) is 0 Å². The normalized spacial score (nSPS) is 13.2. The highest BCUT2D eigenvalue weighted by Gasteiger charge is 2.03. The molecule has 0 aliphatic heterocycles. The fourth-order valence-corrected chi connectivity index (χ4v) is 1.41. The number of nitrogens with zero attached hydrogens (tertiary/aromatic N) is 1. The Hall–Kier alpha value is -1.59. The molecule has 94 valence electrons. The molecule has 1 unspecified atom stereocenters. The largest absolute Gasteiger partial charge is 0.383 e. The summed E-state index contributed by atoms with van der Waals surface area (Å²) in [4.78, 5) is 4.35. The number of ether oxygens (including phenoxy) is 1. The second-order valence-electron chi connectivity index (χ2n) is 3.80. The van der Waals surface area contributed by atoms with Crippen molar-refractivity contribution in [2.75, 3.05) is 13.7 Å². The van der Waals surface area contributed by atoms with Gasteiger partial charge in [0.15, 0.2) is 0 Å². The highest BCUT2D eigenvalue weighted by Crippen LogP contribution is 1.99. The van der Waals surface area contributed by atoms with Crippen LogP contribution in [0.4, 0.5) is 0 Å². The zero-order valence-corrected chi connectivity index (χ0v) is 10.3. The maximum atomic E-state index is 5.40. The summed E-state index contributed by atoms with van der Waals surface area (Å²) in [5, 5.41) is 3.13. The first kappa shape index (κ1) is 13.5. The first-order valence-electron chi connectivity index (χ1n) is 5.56. The predicted molar refractivity (Wildman–Crippen MR) is 69.4 cm³/mol. The van der Waals surface area contributed by atoms with Gasteiger partial charge < -0.3 is 10.1 Å². The topological polar surface area (TPSA) is 71.7 Å². The van der Waals surface area contributed by atoms with E-state index in [9.17, 15) is 0 Å². The third-order valence-corrected chi connectivity index (χ3v) is 2.20. The van der Waals surface area contributed by atoms with E-state index < -0.39 is 0 Å². The fraction of sp³-hybridized carbons (Fsp3) is 0.417. The van der Waals surface area contributed by atoms with Gasteiger partial charge in [0.2, 0.25) is 5.96 Å². The predicted octanol–water partition coefficient (Wildman–Crippen LogP) is 0.630. The zero-order chi connectivity index (χ0) is 12.5. The fourth-order valence-electron chi connectivity index (χ4n) is 1.41. The van der Waals surface area contributed by atoms with E-state index in [1.54, 1.807) is 7.11 Å². The number of aliphatic imine (C=N–C) groups is 1. The maximum Gasteiger partial charge on any atom is 0.206 e. The van der Waals surface area contributed by atoms with Crippen LogP contribution >= 0.6 is 0 Å². The number of guanidine groups is 1. The second-order valence-corrected chi connectivity index (χ2v) is 3.80. The van der Waals surface area contributed by atoms with E-state index in [-0.39, 0.29) is 6.04 Å². The van der Waals surface area contributed by atoms with Crippen LogP contribution in [0.2, 0.25) is 0 Å². The number of hydrazine groups is 1. The molecule has 0 radical (unpaired) electrons. The number of rotatable bonds is 5. The van der Waals surface area contributed by atoms with Gasteiger partial charge in [-0.25, -0.2) is 10.8 Å². The van der Waals surface area contributed by atoms with Gasteiger partial charge in [-0.15, -0.1) is 0 Å². The van der Waals surface area contributed by atoms with Crippen molar-refractivity contribution in [2.45, 2.75) is 19.5 Å². The Morgan fingerprint density at radius 2 is 2.12 bits per heavy atom. The van der Waals surface area contributed by atoms with Gasteiger partial charge in [-0.2, -0.15) is 0 Å². The summed E-state index contributed by atoms with van der Waals surface area (Å²) in [7, 11) is 1.66. The van der Waals surface area contributed by atoms with Gasteiger partial charge in [0, 0.05) is 13.2 Å². The third kappa shape index (κ3) is 5.33. The number of nitrogens with one attached hydrogen (secondary N) is 2. The Kier molecular flexibility index (Phi) is 6.06. The molecule has 5 heteroatoms. The maximum absolute atomic E-state index is 5.40. The Balaban J connectivity index is 2.49. The van der Waals surface area contributed by atoms with Crippen LogP contribution in [0, 0.1) is 0 Å². The van der Waals surface area contributed by atoms with Gasteiger partial charge in [0.05, 0.1) is 13.2 Å². The van der Waals surface area contributed by atoms with E-state index in [0.717, 1.165) is 5.56 Å². The van der Waals surface area contributed by atoms with Gasteiger partial charge in [0.1, 0.15) is 0 Å². The summed E-state index contributed by atoms with van der Waals surface area (Å²) in [5.74, 6) is 5.97. The number of benzene rings is 1. The molecule has 0 spiro atoms. The summed E-state index contributed by atoms with van der Waals surface area (Å²) in [5.41, 5.74) is 3.69. The van der Waals surface area contributed by atoms with Crippen molar-refractivity contribution in [3.63, 3.8) is 0 Å². The monoisotopic (exact) mass is 236 g/mol. The minimum atomic E-state index is 0.158. The molecule has 0 saturated carbocycles. The quantitative estimate of drug-likeness (QED) is 0.303. The van der Waals surface area contributed by atoms with Crippen LogP contribution in [0.15, 0.2) is 35.3 Å². The Morgan fingerprint density at radius 3 is 2.71 bits per heavy atom. The summed E-state index contributed by atoms with van der Waals surface area (Å²) < 4.78 is 5.03. The van der Waals surface area contributed by atoms with Crippen molar-refractivity contribution >= 4 is 5.96 Å². The summed E-state index contributed by atoms with van der Waals surface area (Å²) >= 11 is 0. The molecular weight excluding hydrogens is 216 g/mol. The van der Waals surface area contributed by atoms with Crippen LogP contribution < -0.4 is 16.6 Å². The minimum Gasteiger partial charge on any atom is -0.383 e. The Bertz CT molecular complexity index is 340. The molecule has 0 heterocycles. The van der Waals surface area contributed by atoms with E-state index in [0.29, 0.717) is 19.1 Å². The minimum absolute atomic E-state index is 0.158. The Labute approximate surface area is 102 Å². The van der Waals surface area contributed by atoms with Crippen molar-refractivity contribution in [3.05, 3.63) is 35.9 Å². The van der Waals surface area contributed by atoms with E-state index in [4.69, 9.17) is 10.6 Å². The first-order chi connectivity index (χ1) is 8.26. The second kappa shape index (κ2) is 7.65. The molecule has 0 fully saturated rings. The highest BCUT2D eigenvalue weighted by atomic mass is 16.5. The molecule has 0 aliphatic carbocycles. The number of nitrogens with two attached hydrogens (primary N) is 1. The lowest BCUT2D eigenvalue weighted by Crippen LogP contribution is -2.46. The lowest BCUT2D eigenvalue weighted by Gasteiger charge is -2.15.